The molecule has 6 heteroatoms. The SMILES string of the molecule is CC.N/N=C(/SCc1cccc(Oc2ccccc2)c1)N(N)c1ccccc1. The van der Waals surface area contributed by atoms with Crippen molar-refractivity contribution in [2.45, 2.75) is 19.6 Å². The van der Waals surface area contributed by atoms with Crippen LogP contribution in [0.2, 0.25) is 0 Å². The lowest BCUT2D eigenvalue weighted by Crippen LogP contribution is -2.36. The zero-order valence-electron chi connectivity index (χ0n) is 16.2. The Morgan fingerprint density at radius 1 is 0.893 bits per heavy atom. The lowest BCUT2D eigenvalue weighted by Gasteiger charge is -2.19. The predicted octanol–water partition coefficient (Wildman–Crippen LogP) is 5.35. The van der Waals surface area contributed by atoms with Gasteiger partial charge in [-0.3, -0.25) is 5.01 Å². The van der Waals surface area contributed by atoms with Crippen molar-refractivity contribution in [3.05, 3.63) is 90.5 Å². The van der Waals surface area contributed by atoms with E-state index in [0.29, 0.717) is 10.9 Å². The number of nitrogens with zero attached hydrogens (tertiary/aromatic N) is 2. The summed E-state index contributed by atoms with van der Waals surface area (Å²) in [7, 11) is 0. The van der Waals surface area contributed by atoms with E-state index in [1.165, 1.54) is 16.8 Å². The maximum atomic E-state index is 6.12. The molecule has 0 aliphatic carbocycles. The van der Waals surface area contributed by atoms with Crippen LogP contribution in [0.5, 0.6) is 11.5 Å². The molecule has 0 spiro atoms. The van der Waals surface area contributed by atoms with Crippen LogP contribution < -0.4 is 21.4 Å². The Bertz CT molecular complexity index is 857. The van der Waals surface area contributed by atoms with Gasteiger partial charge in [-0.05, 0) is 42.0 Å². The highest BCUT2D eigenvalue weighted by Crippen LogP contribution is 2.25. The number of hydrazone groups is 1. The normalized spacial score (nSPS) is 10.6. The fourth-order valence-electron chi connectivity index (χ4n) is 2.34. The molecule has 3 aromatic rings. The molecule has 0 bridgehead atoms. The average Bonchev–Trinajstić information content (AvgIpc) is 2.77. The van der Waals surface area contributed by atoms with Crippen LogP contribution >= 0.6 is 11.8 Å². The maximum absolute atomic E-state index is 6.12. The van der Waals surface area contributed by atoms with E-state index in [9.17, 15) is 0 Å². The average molecular weight is 395 g/mol. The van der Waals surface area contributed by atoms with Crippen LogP contribution in [-0.4, -0.2) is 5.17 Å². The number of benzene rings is 3. The second-order valence-electron chi connectivity index (χ2n) is 5.47. The zero-order valence-corrected chi connectivity index (χ0v) is 17.0. The molecule has 0 heterocycles. The standard InChI is InChI=1S/C20H20N4OS.C2H6/c21-23-20(24(22)17-9-3-1-4-10-17)26-15-16-8-7-13-19(14-16)25-18-11-5-2-6-12-18;1-2/h1-14H,15,21-22H2;1-2H3/b23-20+;. The van der Waals surface area contributed by atoms with Gasteiger partial charge in [0.1, 0.15) is 11.5 Å². The van der Waals surface area contributed by atoms with Crippen molar-refractivity contribution in [1.29, 1.82) is 0 Å². The summed E-state index contributed by atoms with van der Waals surface area (Å²) in [4.78, 5) is 0. The molecule has 0 amide bonds. The third kappa shape index (κ3) is 6.33. The van der Waals surface area contributed by atoms with Gasteiger partial charge < -0.3 is 10.6 Å². The third-order valence-electron chi connectivity index (χ3n) is 3.60. The van der Waals surface area contributed by atoms with E-state index in [0.717, 1.165) is 22.7 Å². The van der Waals surface area contributed by atoms with Gasteiger partial charge >= 0.3 is 0 Å². The van der Waals surface area contributed by atoms with Crippen LogP contribution in [0.3, 0.4) is 0 Å². The number of hydrogen-bond donors (Lipinski definition) is 2. The molecule has 0 saturated carbocycles. The number of rotatable bonds is 5. The Morgan fingerprint density at radius 2 is 1.50 bits per heavy atom. The molecule has 0 aliphatic rings. The predicted molar refractivity (Wildman–Crippen MR) is 120 cm³/mol. The molecule has 146 valence electrons. The first-order valence-electron chi connectivity index (χ1n) is 9.08. The molecule has 0 saturated heterocycles. The lowest BCUT2D eigenvalue weighted by molar-refractivity contribution is 0.482. The van der Waals surface area contributed by atoms with E-state index < -0.39 is 0 Å². The van der Waals surface area contributed by atoms with Gasteiger partial charge in [-0.15, -0.1) is 0 Å². The van der Waals surface area contributed by atoms with Gasteiger partial charge in [-0.1, -0.05) is 74.1 Å². The van der Waals surface area contributed by atoms with Gasteiger partial charge in [0.2, 0.25) is 5.17 Å². The highest BCUT2D eigenvalue weighted by molar-refractivity contribution is 8.13. The molecular formula is C22H26N4OS. The Morgan fingerprint density at radius 3 is 2.14 bits per heavy atom. The van der Waals surface area contributed by atoms with Crippen molar-refractivity contribution < 1.29 is 4.74 Å². The van der Waals surface area contributed by atoms with Crippen LogP contribution in [0.4, 0.5) is 5.69 Å². The van der Waals surface area contributed by atoms with E-state index in [1.807, 2.05) is 98.8 Å². The number of anilines is 1. The Kier molecular flexibility index (Phi) is 8.91. The highest BCUT2D eigenvalue weighted by Gasteiger charge is 2.11. The summed E-state index contributed by atoms with van der Waals surface area (Å²) in [5.74, 6) is 13.9. The molecule has 0 radical (unpaired) electrons. The Hall–Kier alpha value is -2.96. The topological polar surface area (TPSA) is 76.9 Å². The summed E-state index contributed by atoms with van der Waals surface area (Å²) < 4.78 is 5.87. The van der Waals surface area contributed by atoms with Crippen LogP contribution in [0.25, 0.3) is 0 Å². The summed E-state index contributed by atoms with van der Waals surface area (Å²) in [6.07, 6.45) is 0. The third-order valence-corrected chi connectivity index (χ3v) is 4.63. The summed E-state index contributed by atoms with van der Waals surface area (Å²) in [5.41, 5.74) is 1.91. The van der Waals surface area contributed by atoms with E-state index >= 15 is 0 Å². The first-order chi connectivity index (χ1) is 13.8. The second kappa shape index (κ2) is 11.7. The van der Waals surface area contributed by atoms with Crippen LogP contribution in [-0.2, 0) is 5.75 Å². The van der Waals surface area contributed by atoms with E-state index in [1.54, 1.807) is 0 Å². The smallest absolute Gasteiger partial charge is 0.201 e. The molecule has 4 N–H and O–H groups in total. The molecule has 0 atom stereocenters. The number of hydrazine groups is 1. The quantitative estimate of drug-likeness (QED) is 0.264. The second-order valence-corrected chi connectivity index (χ2v) is 6.41. The van der Waals surface area contributed by atoms with Crippen molar-refractivity contribution >= 4 is 22.6 Å². The molecule has 3 rings (SSSR count). The summed E-state index contributed by atoms with van der Waals surface area (Å²) in [6, 6.07) is 27.2. The Labute approximate surface area is 171 Å². The number of amidine groups is 1. The van der Waals surface area contributed by atoms with Crippen LogP contribution in [0.1, 0.15) is 19.4 Å². The minimum atomic E-state index is 0.533. The van der Waals surface area contributed by atoms with E-state index in [-0.39, 0.29) is 0 Å². The van der Waals surface area contributed by atoms with E-state index in [4.69, 9.17) is 16.4 Å². The first-order valence-corrected chi connectivity index (χ1v) is 10.1. The number of nitrogens with two attached hydrogens (primary N) is 2. The van der Waals surface area contributed by atoms with E-state index in [2.05, 4.69) is 5.10 Å². The van der Waals surface area contributed by atoms with Crippen molar-refractivity contribution in [2.75, 3.05) is 5.01 Å². The molecular weight excluding hydrogens is 368 g/mol. The van der Waals surface area contributed by atoms with Gasteiger partial charge in [0, 0.05) is 5.75 Å². The van der Waals surface area contributed by atoms with Crippen molar-refractivity contribution in [3.8, 4) is 11.5 Å². The molecule has 0 unspecified atom stereocenters. The van der Waals surface area contributed by atoms with Crippen molar-refractivity contribution in [2.24, 2.45) is 16.8 Å². The molecule has 28 heavy (non-hydrogen) atoms. The fourth-order valence-corrected chi connectivity index (χ4v) is 3.13. The summed E-state index contributed by atoms with van der Waals surface area (Å²) in [5, 5.41) is 5.83. The number of para-hydroxylation sites is 2. The summed E-state index contributed by atoms with van der Waals surface area (Å²) >= 11 is 1.46. The summed E-state index contributed by atoms with van der Waals surface area (Å²) in [6.45, 7) is 4.00. The maximum Gasteiger partial charge on any atom is 0.201 e. The largest absolute Gasteiger partial charge is 0.457 e. The molecule has 3 aromatic carbocycles. The number of ether oxygens (including phenoxy) is 1. The minimum absolute atomic E-state index is 0.533. The highest BCUT2D eigenvalue weighted by atomic mass is 32.2. The van der Waals surface area contributed by atoms with Gasteiger partial charge in [0.15, 0.2) is 0 Å². The van der Waals surface area contributed by atoms with Gasteiger partial charge in [0.05, 0.1) is 5.69 Å². The molecule has 0 aliphatic heterocycles. The van der Waals surface area contributed by atoms with Gasteiger partial charge in [-0.2, -0.15) is 5.10 Å². The van der Waals surface area contributed by atoms with Crippen LogP contribution in [0, 0.1) is 0 Å². The van der Waals surface area contributed by atoms with Crippen LogP contribution in [0.15, 0.2) is 90.0 Å². The first kappa shape index (κ1) is 21.3. The fraction of sp³-hybridized carbons (Fsp3) is 0.136. The van der Waals surface area contributed by atoms with Gasteiger partial charge in [0.25, 0.3) is 0 Å². The Balaban J connectivity index is 0.00000136. The molecule has 5 nitrogen and oxygen atoms in total. The zero-order chi connectivity index (χ0) is 20.2. The number of hydrogen-bond acceptors (Lipinski definition) is 5. The monoisotopic (exact) mass is 394 g/mol. The minimum Gasteiger partial charge on any atom is -0.457 e. The van der Waals surface area contributed by atoms with Crippen molar-refractivity contribution in [1.82, 2.24) is 0 Å². The molecule has 0 aromatic heterocycles. The number of thioether (sulfide) groups is 1. The molecule has 0 fully saturated rings. The lowest BCUT2D eigenvalue weighted by atomic mass is 10.2. The van der Waals surface area contributed by atoms with Crippen molar-refractivity contribution in [3.63, 3.8) is 0 Å². The van der Waals surface area contributed by atoms with Gasteiger partial charge in [-0.25, -0.2) is 5.84 Å².